The van der Waals surface area contributed by atoms with E-state index in [0.717, 1.165) is 22.8 Å². The Balaban J connectivity index is 0.000000659. The van der Waals surface area contributed by atoms with Gasteiger partial charge in [0.2, 0.25) is 0 Å². The third-order valence-electron chi connectivity index (χ3n) is 4.50. The van der Waals surface area contributed by atoms with Crippen LogP contribution in [-0.2, 0) is 5.54 Å². The molecule has 3 nitrogen and oxygen atoms in total. The minimum atomic E-state index is -0.00922. The van der Waals surface area contributed by atoms with Crippen molar-refractivity contribution < 1.29 is 17.8 Å². The molecule has 0 radical (unpaired) electrons. The number of aromatic nitrogens is 3. The molecule has 1 unspecified atom stereocenters. The second-order valence-electron chi connectivity index (χ2n) is 6.54. The molecule has 4 rings (SSSR count). The van der Waals surface area contributed by atoms with E-state index in [4.69, 9.17) is 5.10 Å². The molecule has 1 aliphatic heterocycles. The van der Waals surface area contributed by atoms with Crippen molar-refractivity contribution in [2.75, 3.05) is 5.75 Å². The summed E-state index contributed by atoms with van der Waals surface area (Å²) in [4.78, 5) is 0. The van der Waals surface area contributed by atoms with Gasteiger partial charge in [0.15, 0.2) is 0 Å². The Bertz CT molecular complexity index is 885. The molecule has 0 fully saturated rings. The number of hydrogen-bond donors (Lipinski definition) is 0. The van der Waals surface area contributed by atoms with E-state index in [1.54, 1.807) is 0 Å². The molecular weight excluding hydrogens is 810 g/mol. The molecule has 1 atom stereocenters. The maximum atomic E-state index is 5.05. The fourth-order valence-electron chi connectivity index (χ4n) is 2.94. The summed E-state index contributed by atoms with van der Waals surface area (Å²) >= 11 is 9.75. The molecule has 1 aliphatic rings. The number of thioether (sulfide) groups is 1. The van der Waals surface area contributed by atoms with Crippen LogP contribution in [0.5, 0.6) is 0 Å². The number of nitrogens with zero attached hydrogens (tertiary/aromatic N) is 3. The standard InChI is InChI=1S/C19H19IN3S.I3/c1-19(2)16(20)13-24-18-22(15-11-7-4-8-12-15)17(21-23(18)19)14-9-5-3-6-10-14;1-3-2/h3-12,16H,13H2,1-2H3;/q+1;-1. The SMILES string of the molecule is CC1(C)C(I)CSc2n1nc(-c1ccccc1)[n+]2-c1ccccc1.I[I-]I. The first-order valence-electron chi connectivity index (χ1n) is 8.31. The van der Waals surface area contributed by atoms with Crippen molar-refractivity contribution in [3.63, 3.8) is 0 Å². The van der Waals surface area contributed by atoms with Crippen LogP contribution in [0.15, 0.2) is 65.8 Å². The summed E-state index contributed by atoms with van der Waals surface area (Å²) in [5.74, 6) is 2.10. The molecule has 2 heterocycles. The zero-order valence-corrected chi connectivity index (χ0v) is 24.3. The molecule has 0 amide bonds. The van der Waals surface area contributed by atoms with E-state index in [0.29, 0.717) is 17.2 Å². The number of benzene rings is 2. The molecule has 0 bridgehead atoms. The summed E-state index contributed by atoms with van der Waals surface area (Å²) in [6, 6.07) is 21.0. The van der Waals surface area contributed by atoms with Gasteiger partial charge in [0.05, 0.1) is 9.49 Å². The predicted molar refractivity (Wildman–Crippen MR) is 135 cm³/mol. The fraction of sp³-hybridized carbons (Fsp3) is 0.263. The van der Waals surface area contributed by atoms with Gasteiger partial charge in [-0.3, -0.25) is 0 Å². The van der Waals surface area contributed by atoms with Gasteiger partial charge in [-0.2, -0.15) is 4.57 Å². The minimum absolute atomic E-state index is 0.00922. The summed E-state index contributed by atoms with van der Waals surface area (Å²) in [6.07, 6.45) is 0. The molecule has 0 spiro atoms. The van der Waals surface area contributed by atoms with Crippen LogP contribution in [0.4, 0.5) is 0 Å². The van der Waals surface area contributed by atoms with Gasteiger partial charge in [-0.15, -0.1) is 0 Å². The van der Waals surface area contributed by atoms with E-state index in [1.165, 1.54) is 5.16 Å². The first-order chi connectivity index (χ1) is 13.0. The molecule has 3 aromatic rings. The number of halogens is 4. The monoisotopic (exact) mass is 829 g/mol. The van der Waals surface area contributed by atoms with Crippen LogP contribution >= 0.6 is 71.6 Å². The van der Waals surface area contributed by atoms with Crippen LogP contribution in [-0.4, -0.2) is 19.5 Å². The van der Waals surface area contributed by atoms with Crippen molar-refractivity contribution in [1.29, 1.82) is 0 Å². The van der Waals surface area contributed by atoms with Crippen LogP contribution < -0.4 is 17.8 Å². The molecule has 8 heteroatoms. The van der Waals surface area contributed by atoms with Crippen molar-refractivity contribution in [2.24, 2.45) is 0 Å². The number of para-hydroxylation sites is 1. The molecule has 0 saturated heterocycles. The zero-order chi connectivity index (χ0) is 19.4. The van der Waals surface area contributed by atoms with E-state index in [2.05, 4.69) is 138 Å². The summed E-state index contributed by atoms with van der Waals surface area (Å²) in [6.45, 7) is 4.56. The topological polar surface area (TPSA) is 21.7 Å². The van der Waals surface area contributed by atoms with Gasteiger partial charge < -0.3 is 0 Å². The molecule has 0 aliphatic carbocycles. The Morgan fingerprint density at radius 1 is 1.07 bits per heavy atom. The number of alkyl halides is 1. The predicted octanol–water partition coefficient (Wildman–Crippen LogP) is 3.25. The van der Waals surface area contributed by atoms with Crippen molar-refractivity contribution in [3.8, 4) is 17.1 Å². The van der Waals surface area contributed by atoms with Crippen molar-refractivity contribution in [1.82, 2.24) is 9.78 Å². The number of rotatable bonds is 2. The van der Waals surface area contributed by atoms with Gasteiger partial charge in [0.25, 0.3) is 0 Å². The van der Waals surface area contributed by atoms with Gasteiger partial charge in [-0.1, -0.05) is 75.4 Å². The van der Waals surface area contributed by atoms with Crippen LogP contribution in [0.2, 0.25) is 0 Å². The van der Waals surface area contributed by atoms with Gasteiger partial charge in [0.1, 0.15) is 11.2 Å². The molecule has 0 saturated carbocycles. The summed E-state index contributed by atoms with van der Waals surface area (Å²) in [7, 11) is 0. The van der Waals surface area contributed by atoms with Crippen molar-refractivity contribution in [2.45, 2.75) is 28.5 Å². The first kappa shape index (κ1) is 22.5. The first-order valence-corrected chi connectivity index (χ1v) is 23.1. The van der Waals surface area contributed by atoms with Crippen molar-refractivity contribution >= 4 is 71.6 Å². The quantitative estimate of drug-likeness (QED) is 0.225. The number of hydrogen-bond acceptors (Lipinski definition) is 2. The summed E-state index contributed by atoms with van der Waals surface area (Å²) in [5.41, 5.74) is 2.29. The van der Waals surface area contributed by atoms with E-state index >= 15 is 0 Å². The Morgan fingerprint density at radius 3 is 2.22 bits per heavy atom. The van der Waals surface area contributed by atoms with Gasteiger partial charge in [0, 0.05) is 10.9 Å². The Hall–Kier alpha value is 0.850. The average Bonchev–Trinajstić information content (AvgIpc) is 3.08. The average molecular weight is 829 g/mol. The third-order valence-corrected chi connectivity index (χ3v) is 8.17. The molecular formula is C19H19I4N3S. The van der Waals surface area contributed by atoms with Crippen LogP contribution in [0.3, 0.4) is 0 Å². The summed E-state index contributed by atoms with van der Waals surface area (Å²) in [5, 5.41) is 6.26. The normalized spacial score (nSPS) is 17.7. The van der Waals surface area contributed by atoms with Gasteiger partial charge >= 0.3 is 61.5 Å². The van der Waals surface area contributed by atoms with Crippen molar-refractivity contribution in [3.05, 3.63) is 60.7 Å². The van der Waals surface area contributed by atoms with E-state index in [1.807, 2.05) is 17.8 Å². The molecule has 0 N–H and O–H groups in total. The Labute approximate surface area is 208 Å². The second-order valence-corrected chi connectivity index (χ2v) is 25.3. The fourth-order valence-corrected chi connectivity index (χ4v) is 5.16. The van der Waals surface area contributed by atoms with Crippen LogP contribution in [0.25, 0.3) is 17.1 Å². The van der Waals surface area contributed by atoms with Gasteiger partial charge in [-0.05, 0) is 38.1 Å². The zero-order valence-electron chi connectivity index (χ0n) is 14.8. The Morgan fingerprint density at radius 2 is 1.63 bits per heavy atom. The van der Waals surface area contributed by atoms with E-state index < -0.39 is 0 Å². The molecule has 2 aromatic carbocycles. The molecule has 144 valence electrons. The maximum absolute atomic E-state index is 5.05. The molecule has 27 heavy (non-hydrogen) atoms. The Kier molecular flexibility index (Phi) is 8.55. The second kappa shape index (κ2) is 10.2. The van der Waals surface area contributed by atoms with Crippen LogP contribution in [0.1, 0.15) is 13.8 Å². The van der Waals surface area contributed by atoms with Gasteiger partial charge in [-0.25, -0.2) is 0 Å². The van der Waals surface area contributed by atoms with E-state index in [-0.39, 0.29) is 5.54 Å². The molecule has 1 aromatic heterocycles. The third kappa shape index (κ3) is 4.95. The summed E-state index contributed by atoms with van der Waals surface area (Å²) < 4.78 is 5.05. The van der Waals surface area contributed by atoms with E-state index in [9.17, 15) is 0 Å². The number of fused-ring (bicyclic) bond motifs is 1. The van der Waals surface area contributed by atoms with Crippen LogP contribution in [0, 0.1) is 0 Å².